The molecular weight excluding hydrogens is 308 g/mol. The van der Waals surface area contributed by atoms with Crippen molar-refractivity contribution in [2.24, 2.45) is 5.92 Å². The van der Waals surface area contributed by atoms with Gasteiger partial charge in [0, 0.05) is 11.5 Å². The Labute approximate surface area is 154 Å². The fourth-order valence-electron chi connectivity index (χ4n) is 3.65. The number of phenolic OH excluding ortho intramolecular Hbond substituents is 2. The van der Waals surface area contributed by atoms with Gasteiger partial charge in [0.05, 0.1) is 0 Å². The minimum absolute atomic E-state index is 0.0194. The summed E-state index contributed by atoms with van der Waals surface area (Å²) in [7, 11) is 0. The van der Waals surface area contributed by atoms with Crippen LogP contribution in [-0.2, 0) is 6.42 Å². The summed E-state index contributed by atoms with van der Waals surface area (Å²) >= 11 is 0. The van der Waals surface area contributed by atoms with Gasteiger partial charge in [-0.2, -0.15) is 0 Å². The van der Waals surface area contributed by atoms with E-state index in [0.717, 1.165) is 36.8 Å². The third-order valence-electron chi connectivity index (χ3n) is 4.98. The van der Waals surface area contributed by atoms with Crippen LogP contribution in [-0.4, -0.2) is 10.2 Å². The molecule has 25 heavy (non-hydrogen) atoms. The van der Waals surface area contributed by atoms with Crippen LogP contribution in [0.5, 0.6) is 11.5 Å². The van der Waals surface area contributed by atoms with Gasteiger partial charge >= 0.3 is 0 Å². The molecule has 1 aliphatic carbocycles. The molecule has 140 valence electrons. The number of rotatable bonds is 6. The lowest BCUT2D eigenvalue weighted by Crippen LogP contribution is -2.17. The second-order valence-corrected chi connectivity index (χ2v) is 7.04. The summed E-state index contributed by atoms with van der Waals surface area (Å²) < 4.78 is 0. The standard InChI is InChI=1S/C21H30O2.C2H6/c1-5-6-7-8-16-12-19(22)21(20(23)13-16)18-11-15(4)9-10-17(18)14(2)3;1-2/h11-13,17-18,22-23H,2,5-10H2,1,3-4H3;1-2H3/t17-,18+;/m0./s1. The van der Waals surface area contributed by atoms with Crippen LogP contribution in [0.25, 0.3) is 0 Å². The van der Waals surface area contributed by atoms with Gasteiger partial charge < -0.3 is 10.2 Å². The second kappa shape index (κ2) is 10.3. The molecule has 2 rings (SSSR count). The molecule has 2 N–H and O–H groups in total. The van der Waals surface area contributed by atoms with Crippen LogP contribution in [0.4, 0.5) is 0 Å². The third-order valence-corrected chi connectivity index (χ3v) is 4.98. The molecule has 0 amide bonds. The number of hydrogen-bond donors (Lipinski definition) is 2. The predicted octanol–water partition coefficient (Wildman–Crippen LogP) is 6.87. The first-order valence-electron chi connectivity index (χ1n) is 9.81. The summed E-state index contributed by atoms with van der Waals surface area (Å²) in [6.45, 7) is 14.4. The van der Waals surface area contributed by atoms with Gasteiger partial charge in [-0.3, -0.25) is 0 Å². The van der Waals surface area contributed by atoms with E-state index in [0.29, 0.717) is 5.56 Å². The molecular formula is C23H36O2. The van der Waals surface area contributed by atoms with Crippen LogP contribution in [0.1, 0.15) is 83.8 Å². The maximum Gasteiger partial charge on any atom is 0.123 e. The zero-order chi connectivity index (χ0) is 19.0. The Bertz CT molecular complexity index is 575. The molecule has 0 bridgehead atoms. The lowest BCUT2D eigenvalue weighted by molar-refractivity contribution is 0.406. The average Bonchev–Trinajstić information content (AvgIpc) is 2.56. The molecule has 0 spiro atoms. The van der Waals surface area contributed by atoms with E-state index in [1.165, 1.54) is 18.4 Å². The molecule has 0 saturated heterocycles. The SMILES string of the molecule is C=C(C)[C@@H]1CCC(C)=C[C@H]1c1c(O)cc(CCCCC)cc1O.CC. The number of hydrogen-bond acceptors (Lipinski definition) is 2. The van der Waals surface area contributed by atoms with E-state index in [9.17, 15) is 10.2 Å². The summed E-state index contributed by atoms with van der Waals surface area (Å²) in [5.74, 6) is 0.741. The number of benzene rings is 1. The largest absolute Gasteiger partial charge is 0.507 e. The topological polar surface area (TPSA) is 40.5 Å². The Hall–Kier alpha value is -1.70. The van der Waals surface area contributed by atoms with Gasteiger partial charge in [0.1, 0.15) is 11.5 Å². The molecule has 1 aromatic rings. The molecule has 1 aliphatic rings. The molecule has 0 aromatic heterocycles. The number of unbranched alkanes of at least 4 members (excludes halogenated alkanes) is 2. The summed E-state index contributed by atoms with van der Waals surface area (Å²) in [4.78, 5) is 0. The van der Waals surface area contributed by atoms with Crippen molar-refractivity contribution >= 4 is 0 Å². The number of aryl methyl sites for hydroxylation is 1. The maximum atomic E-state index is 10.5. The maximum absolute atomic E-state index is 10.5. The van der Waals surface area contributed by atoms with E-state index in [2.05, 4.69) is 26.5 Å². The fraction of sp³-hybridized carbons (Fsp3) is 0.565. The van der Waals surface area contributed by atoms with Crippen molar-refractivity contribution in [1.82, 2.24) is 0 Å². The number of allylic oxidation sites excluding steroid dienone is 3. The van der Waals surface area contributed by atoms with Crippen LogP contribution >= 0.6 is 0 Å². The molecule has 2 nitrogen and oxygen atoms in total. The Morgan fingerprint density at radius 2 is 1.76 bits per heavy atom. The van der Waals surface area contributed by atoms with E-state index < -0.39 is 0 Å². The normalized spacial score (nSPS) is 19.6. The van der Waals surface area contributed by atoms with E-state index in [1.54, 1.807) is 0 Å². The summed E-state index contributed by atoms with van der Waals surface area (Å²) in [6.07, 6.45) is 8.61. The van der Waals surface area contributed by atoms with Gasteiger partial charge in [-0.05, 0) is 63.1 Å². The minimum atomic E-state index is 0.0194. The highest BCUT2D eigenvalue weighted by Gasteiger charge is 2.29. The van der Waals surface area contributed by atoms with Crippen LogP contribution in [0.3, 0.4) is 0 Å². The lowest BCUT2D eigenvalue weighted by atomic mass is 9.73. The summed E-state index contributed by atoms with van der Waals surface area (Å²) in [6, 6.07) is 3.66. The van der Waals surface area contributed by atoms with Crippen molar-refractivity contribution in [1.29, 1.82) is 0 Å². The molecule has 2 atom stereocenters. The molecule has 0 radical (unpaired) electrons. The minimum Gasteiger partial charge on any atom is -0.507 e. The molecule has 0 heterocycles. The monoisotopic (exact) mass is 344 g/mol. The van der Waals surface area contributed by atoms with Crippen LogP contribution < -0.4 is 0 Å². The summed E-state index contributed by atoms with van der Waals surface area (Å²) in [5, 5.41) is 21.1. The second-order valence-electron chi connectivity index (χ2n) is 7.04. The average molecular weight is 345 g/mol. The third kappa shape index (κ3) is 5.66. The van der Waals surface area contributed by atoms with E-state index in [-0.39, 0.29) is 23.3 Å². The van der Waals surface area contributed by atoms with E-state index in [4.69, 9.17) is 0 Å². The van der Waals surface area contributed by atoms with Crippen molar-refractivity contribution in [3.05, 3.63) is 47.1 Å². The van der Waals surface area contributed by atoms with Crippen molar-refractivity contribution in [3.63, 3.8) is 0 Å². The number of aromatic hydroxyl groups is 2. The van der Waals surface area contributed by atoms with Gasteiger partial charge in [-0.1, -0.05) is 57.4 Å². The highest BCUT2D eigenvalue weighted by molar-refractivity contribution is 5.51. The van der Waals surface area contributed by atoms with Crippen LogP contribution in [0.15, 0.2) is 35.9 Å². The summed E-state index contributed by atoms with van der Waals surface area (Å²) in [5.41, 5.74) is 4.11. The van der Waals surface area contributed by atoms with Crippen molar-refractivity contribution in [2.75, 3.05) is 0 Å². The molecule has 2 heteroatoms. The smallest absolute Gasteiger partial charge is 0.123 e. The van der Waals surface area contributed by atoms with Crippen molar-refractivity contribution in [3.8, 4) is 11.5 Å². The van der Waals surface area contributed by atoms with Crippen molar-refractivity contribution < 1.29 is 10.2 Å². The molecule has 1 aromatic carbocycles. The predicted molar refractivity (Wildman–Crippen MR) is 108 cm³/mol. The number of phenols is 2. The highest BCUT2D eigenvalue weighted by Crippen LogP contribution is 2.46. The first-order chi connectivity index (χ1) is 11.9. The lowest BCUT2D eigenvalue weighted by Gasteiger charge is -2.31. The van der Waals surface area contributed by atoms with Gasteiger partial charge in [0.25, 0.3) is 0 Å². The molecule has 0 saturated carbocycles. The van der Waals surface area contributed by atoms with Gasteiger partial charge in [-0.25, -0.2) is 0 Å². The Morgan fingerprint density at radius 3 is 2.28 bits per heavy atom. The highest BCUT2D eigenvalue weighted by atomic mass is 16.3. The molecule has 0 unspecified atom stereocenters. The Kier molecular flexibility index (Phi) is 8.82. The quantitative estimate of drug-likeness (QED) is 0.436. The zero-order valence-corrected chi connectivity index (χ0v) is 16.7. The van der Waals surface area contributed by atoms with Crippen LogP contribution in [0.2, 0.25) is 0 Å². The van der Waals surface area contributed by atoms with E-state index >= 15 is 0 Å². The van der Waals surface area contributed by atoms with Gasteiger partial charge in [0.15, 0.2) is 0 Å². The van der Waals surface area contributed by atoms with Crippen LogP contribution in [0, 0.1) is 5.92 Å². The zero-order valence-electron chi connectivity index (χ0n) is 16.7. The van der Waals surface area contributed by atoms with Gasteiger partial charge in [-0.15, -0.1) is 0 Å². The van der Waals surface area contributed by atoms with Crippen molar-refractivity contribution in [2.45, 2.75) is 79.1 Å². The Balaban J connectivity index is 0.00000151. The van der Waals surface area contributed by atoms with Gasteiger partial charge in [0.2, 0.25) is 0 Å². The van der Waals surface area contributed by atoms with E-state index in [1.807, 2.05) is 32.9 Å². The first-order valence-corrected chi connectivity index (χ1v) is 9.81. The fourth-order valence-corrected chi connectivity index (χ4v) is 3.65. The Morgan fingerprint density at radius 1 is 1.16 bits per heavy atom. The molecule has 0 fully saturated rings. The molecule has 0 aliphatic heterocycles. The first kappa shape index (κ1) is 21.3.